The van der Waals surface area contributed by atoms with Gasteiger partial charge in [0.25, 0.3) is 0 Å². The van der Waals surface area contributed by atoms with Gasteiger partial charge in [0.15, 0.2) is 5.69 Å². The van der Waals surface area contributed by atoms with Crippen molar-refractivity contribution in [1.29, 1.82) is 0 Å². The predicted molar refractivity (Wildman–Crippen MR) is 79.7 cm³/mol. The van der Waals surface area contributed by atoms with Crippen LogP contribution >= 0.6 is 0 Å². The first-order chi connectivity index (χ1) is 9.22. The summed E-state index contributed by atoms with van der Waals surface area (Å²) in [7, 11) is 0. The largest absolute Gasteiger partial charge is 1.00 e. The van der Waals surface area contributed by atoms with Gasteiger partial charge >= 0.3 is 0 Å². The van der Waals surface area contributed by atoms with Crippen LogP contribution < -0.4 is 22.7 Å². The molecule has 2 N–H and O–H groups in total. The summed E-state index contributed by atoms with van der Waals surface area (Å²) >= 11 is 0. The molecular formula is C17H17ClN2. The van der Waals surface area contributed by atoms with Gasteiger partial charge in [-0.1, -0.05) is 24.3 Å². The Balaban J connectivity index is 0.00000147. The second kappa shape index (κ2) is 5.93. The number of aryl methyl sites for hydroxylation is 2. The molecule has 0 unspecified atom stereocenters. The normalized spacial score (nSPS) is 10.1. The molecule has 0 spiro atoms. The van der Waals surface area contributed by atoms with Crippen LogP contribution in [0.15, 0.2) is 54.6 Å². The molecule has 0 amide bonds. The van der Waals surface area contributed by atoms with Crippen molar-refractivity contribution < 1.29 is 17.4 Å². The molecule has 1 heterocycles. The summed E-state index contributed by atoms with van der Waals surface area (Å²) in [4.78, 5) is 3.40. The summed E-state index contributed by atoms with van der Waals surface area (Å²) in [5, 5.41) is 4.71. The highest BCUT2D eigenvalue weighted by Gasteiger charge is 2.09. The lowest BCUT2D eigenvalue weighted by Gasteiger charge is -2.08. The van der Waals surface area contributed by atoms with E-state index in [2.05, 4.69) is 60.5 Å². The lowest BCUT2D eigenvalue weighted by Crippen LogP contribution is -3.00. The van der Waals surface area contributed by atoms with Gasteiger partial charge in [-0.05, 0) is 30.7 Å². The van der Waals surface area contributed by atoms with Gasteiger partial charge in [-0.2, -0.15) is 0 Å². The van der Waals surface area contributed by atoms with Crippen molar-refractivity contribution in [3.8, 4) is 0 Å². The maximum atomic E-state index is 3.49. The Labute approximate surface area is 125 Å². The molecular weight excluding hydrogens is 268 g/mol. The molecule has 0 aliphatic rings. The summed E-state index contributed by atoms with van der Waals surface area (Å²) in [6, 6.07) is 18.9. The van der Waals surface area contributed by atoms with Crippen LogP contribution in [-0.2, 0) is 0 Å². The zero-order valence-electron chi connectivity index (χ0n) is 11.6. The summed E-state index contributed by atoms with van der Waals surface area (Å²) < 4.78 is 0. The molecule has 0 radical (unpaired) electrons. The lowest BCUT2D eigenvalue weighted by atomic mass is 10.1. The van der Waals surface area contributed by atoms with E-state index < -0.39 is 0 Å². The molecule has 102 valence electrons. The van der Waals surface area contributed by atoms with E-state index in [1.165, 1.54) is 10.9 Å². The highest BCUT2D eigenvalue weighted by atomic mass is 35.5. The molecule has 0 fully saturated rings. The van der Waals surface area contributed by atoms with Crippen molar-refractivity contribution in [2.45, 2.75) is 13.8 Å². The fourth-order valence-electron chi connectivity index (χ4n) is 2.31. The Hall–Kier alpha value is -2.06. The first-order valence-corrected chi connectivity index (χ1v) is 6.48. The summed E-state index contributed by atoms with van der Waals surface area (Å²) in [5.41, 5.74) is 5.82. The van der Waals surface area contributed by atoms with Gasteiger partial charge in [-0.3, -0.25) is 0 Å². The number of pyridine rings is 1. The van der Waals surface area contributed by atoms with Crippen molar-refractivity contribution in [2.75, 3.05) is 5.32 Å². The molecule has 0 atom stereocenters. The zero-order valence-corrected chi connectivity index (χ0v) is 12.3. The van der Waals surface area contributed by atoms with Crippen molar-refractivity contribution in [2.24, 2.45) is 0 Å². The number of para-hydroxylation sites is 1. The number of fused-ring (bicyclic) bond motifs is 1. The predicted octanol–water partition coefficient (Wildman–Crippen LogP) is 1.02. The first-order valence-electron chi connectivity index (χ1n) is 6.48. The van der Waals surface area contributed by atoms with Crippen molar-refractivity contribution in [3.05, 3.63) is 65.9 Å². The maximum Gasteiger partial charge on any atom is 0.213 e. The third kappa shape index (κ3) is 2.91. The smallest absolute Gasteiger partial charge is 0.213 e. The van der Waals surface area contributed by atoms with E-state index >= 15 is 0 Å². The number of anilines is 2. The number of hydrogen-bond acceptors (Lipinski definition) is 1. The van der Waals surface area contributed by atoms with Gasteiger partial charge in [-0.15, -0.1) is 0 Å². The highest BCUT2D eigenvalue weighted by molar-refractivity contribution is 5.91. The van der Waals surface area contributed by atoms with Crippen LogP contribution in [0.5, 0.6) is 0 Å². The van der Waals surface area contributed by atoms with Crippen molar-refractivity contribution >= 4 is 22.3 Å². The fourth-order valence-corrected chi connectivity index (χ4v) is 2.31. The molecule has 0 saturated heterocycles. The Morgan fingerprint density at radius 1 is 0.900 bits per heavy atom. The number of benzene rings is 2. The van der Waals surface area contributed by atoms with Gasteiger partial charge in [0, 0.05) is 24.7 Å². The molecule has 0 aliphatic carbocycles. The summed E-state index contributed by atoms with van der Waals surface area (Å²) in [6.45, 7) is 4.20. The van der Waals surface area contributed by atoms with E-state index in [1.807, 2.05) is 18.2 Å². The number of aromatic amines is 1. The van der Waals surface area contributed by atoms with Crippen molar-refractivity contribution in [1.82, 2.24) is 0 Å². The number of nitrogens with one attached hydrogen (secondary N) is 2. The lowest BCUT2D eigenvalue weighted by molar-refractivity contribution is -0.354. The van der Waals surface area contributed by atoms with Gasteiger partial charge < -0.3 is 17.7 Å². The number of hydrogen-bond donors (Lipinski definition) is 1. The van der Waals surface area contributed by atoms with Crippen LogP contribution in [0.2, 0.25) is 0 Å². The molecule has 20 heavy (non-hydrogen) atoms. The molecule has 0 bridgehead atoms. The van der Waals surface area contributed by atoms with E-state index in [-0.39, 0.29) is 12.4 Å². The second-order valence-corrected chi connectivity index (χ2v) is 4.91. The average Bonchev–Trinajstić information content (AvgIpc) is 2.41. The number of aromatic nitrogens is 1. The van der Waals surface area contributed by atoms with Crippen LogP contribution in [0.3, 0.4) is 0 Å². The highest BCUT2D eigenvalue weighted by Crippen LogP contribution is 2.25. The Kier molecular flexibility index (Phi) is 4.26. The van der Waals surface area contributed by atoms with Gasteiger partial charge in [0.2, 0.25) is 5.52 Å². The second-order valence-electron chi connectivity index (χ2n) is 4.91. The van der Waals surface area contributed by atoms with E-state index in [9.17, 15) is 0 Å². The van der Waals surface area contributed by atoms with Crippen LogP contribution in [0.1, 0.15) is 11.3 Å². The van der Waals surface area contributed by atoms with E-state index in [1.54, 1.807) is 0 Å². The molecule has 2 aromatic carbocycles. The minimum atomic E-state index is 0. The molecule has 3 rings (SSSR count). The third-order valence-corrected chi connectivity index (χ3v) is 3.21. The first kappa shape index (κ1) is 14.4. The Morgan fingerprint density at radius 3 is 2.40 bits per heavy atom. The van der Waals surface area contributed by atoms with E-state index in [4.69, 9.17) is 0 Å². The SMILES string of the molecule is Cc1ccc2[nH+]c(C)cc(Nc3ccccc3)c2c1.[Cl-]. The molecule has 3 aromatic rings. The molecule has 2 nitrogen and oxygen atoms in total. The minimum Gasteiger partial charge on any atom is -1.00 e. The van der Waals surface area contributed by atoms with Gasteiger partial charge in [0.05, 0.1) is 11.1 Å². The molecule has 1 aromatic heterocycles. The standard InChI is InChI=1S/C17H16N2.ClH/c1-12-8-9-16-15(10-12)17(11-13(2)18-16)19-14-6-4-3-5-7-14;/h3-11H,1-2H3,(H,18,19);1H. The van der Waals surface area contributed by atoms with E-state index in [0.29, 0.717) is 0 Å². The van der Waals surface area contributed by atoms with Crippen LogP contribution in [-0.4, -0.2) is 0 Å². The monoisotopic (exact) mass is 284 g/mol. The van der Waals surface area contributed by atoms with Crippen molar-refractivity contribution in [3.63, 3.8) is 0 Å². The number of H-pyrrole nitrogens is 1. The fraction of sp³-hybridized carbons (Fsp3) is 0.118. The van der Waals surface area contributed by atoms with Gasteiger partial charge in [0.1, 0.15) is 0 Å². The summed E-state index contributed by atoms with van der Waals surface area (Å²) in [5.74, 6) is 0. The van der Waals surface area contributed by atoms with Crippen LogP contribution in [0.4, 0.5) is 11.4 Å². The molecule has 0 saturated carbocycles. The number of halogens is 1. The summed E-state index contributed by atoms with van der Waals surface area (Å²) in [6.07, 6.45) is 0. The topological polar surface area (TPSA) is 26.2 Å². The maximum absolute atomic E-state index is 3.49. The molecule has 3 heteroatoms. The Bertz CT molecular complexity index is 724. The third-order valence-electron chi connectivity index (χ3n) is 3.21. The molecule has 0 aliphatic heterocycles. The van der Waals surface area contributed by atoms with Crippen LogP contribution in [0.25, 0.3) is 10.9 Å². The number of rotatable bonds is 2. The Morgan fingerprint density at radius 2 is 1.65 bits per heavy atom. The average molecular weight is 285 g/mol. The van der Waals surface area contributed by atoms with E-state index in [0.717, 1.165) is 22.6 Å². The quantitative estimate of drug-likeness (QED) is 0.747. The van der Waals surface area contributed by atoms with Gasteiger partial charge in [-0.25, -0.2) is 4.98 Å². The zero-order chi connectivity index (χ0) is 13.2. The minimum absolute atomic E-state index is 0. The van der Waals surface area contributed by atoms with Crippen LogP contribution in [0, 0.1) is 13.8 Å².